The highest BCUT2D eigenvalue weighted by Crippen LogP contribution is 2.36. The molecule has 1 aromatic heterocycles. The van der Waals surface area contributed by atoms with Crippen LogP contribution in [0.3, 0.4) is 0 Å². The van der Waals surface area contributed by atoms with Crippen LogP contribution in [0.1, 0.15) is 49.2 Å². The molecular weight excluding hydrogens is 516 g/mol. The van der Waals surface area contributed by atoms with E-state index in [0.717, 1.165) is 36.1 Å². The van der Waals surface area contributed by atoms with Crippen molar-refractivity contribution >= 4 is 48.2 Å². The molecule has 0 spiro atoms. The molecule has 0 bridgehead atoms. The van der Waals surface area contributed by atoms with E-state index in [1.807, 2.05) is 27.7 Å². The highest BCUT2D eigenvalue weighted by Gasteiger charge is 2.27. The molecule has 0 saturated heterocycles. The Morgan fingerprint density at radius 3 is 2.57 bits per heavy atom. The Morgan fingerprint density at radius 2 is 1.86 bits per heavy atom. The van der Waals surface area contributed by atoms with Gasteiger partial charge in [0.1, 0.15) is 17.7 Å². The molecule has 0 amide bonds. The van der Waals surface area contributed by atoms with Gasteiger partial charge in [0.15, 0.2) is 5.75 Å². The molecule has 7 nitrogen and oxygen atoms in total. The molecule has 1 aliphatic rings. The van der Waals surface area contributed by atoms with Crippen molar-refractivity contribution in [2.24, 2.45) is 11.7 Å². The predicted molar refractivity (Wildman–Crippen MR) is 150 cm³/mol. The summed E-state index contributed by atoms with van der Waals surface area (Å²) in [5, 5.41) is 3.12. The third kappa shape index (κ3) is 6.50. The van der Waals surface area contributed by atoms with Crippen LogP contribution in [0.2, 0.25) is 0 Å². The fraction of sp³-hybridized carbons (Fsp3) is 0.370. The molecular formula is C27H34Cl2FN5O2. The number of anilines is 3. The van der Waals surface area contributed by atoms with Gasteiger partial charge < -0.3 is 20.7 Å². The minimum absolute atomic E-state index is 0. The van der Waals surface area contributed by atoms with Gasteiger partial charge in [-0.1, -0.05) is 38.1 Å². The van der Waals surface area contributed by atoms with Crippen LogP contribution in [0.4, 0.5) is 21.8 Å². The molecule has 2 aromatic carbocycles. The monoisotopic (exact) mass is 549 g/mol. The minimum atomic E-state index is -0.820. The normalized spacial score (nSPS) is 15.2. The Labute approximate surface area is 229 Å². The molecule has 1 aliphatic heterocycles. The largest absolute Gasteiger partial charge is 0.423 e. The summed E-state index contributed by atoms with van der Waals surface area (Å²) in [6, 6.07) is 11.7. The number of benzene rings is 2. The summed E-state index contributed by atoms with van der Waals surface area (Å²) >= 11 is 0. The fourth-order valence-electron chi connectivity index (χ4n) is 4.26. The van der Waals surface area contributed by atoms with Gasteiger partial charge >= 0.3 is 5.97 Å². The summed E-state index contributed by atoms with van der Waals surface area (Å²) in [4.78, 5) is 24.1. The van der Waals surface area contributed by atoms with Gasteiger partial charge in [0.25, 0.3) is 0 Å². The third-order valence-electron chi connectivity index (χ3n) is 6.62. The lowest BCUT2D eigenvalue weighted by molar-refractivity contribution is -0.136. The van der Waals surface area contributed by atoms with Crippen molar-refractivity contribution in [2.45, 2.75) is 53.1 Å². The number of carbonyl (C=O) groups excluding carboxylic acids is 1. The van der Waals surface area contributed by atoms with Crippen LogP contribution in [0.5, 0.6) is 5.75 Å². The molecule has 2 atom stereocenters. The number of aromatic nitrogens is 2. The van der Waals surface area contributed by atoms with Crippen molar-refractivity contribution in [2.75, 3.05) is 16.8 Å². The molecule has 1 unspecified atom stereocenters. The molecule has 10 heteroatoms. The molecule has 0 saturated carbocycles. The van der Waals surface area contributed by atoms with Crippen LogP contribution in [0.15, 0.2) is 42.5 Å². The maximum Gasteiger partial charge on any atom is 0.328 e. The van der Waals surface area contributed by atoms with Gasteiger partial charge in [0, 0.05) is 23.9 Å². The SMILES string of the molecule is Cc1nc(Nc2ccc(F)cc2OC(=O)[C@@H](N)C(C)C)nc(N2CCc3ccccc3C2C)c1C.Cl.Cl. The lowest BCUT2D eigenvalue weighted by Gasteiger charge is -2.37. The van der Waals surface area contributed by atoms with Crippen molar-refractivity contribution in [1.29, 1.82) is 0 Å². The Kier molecular flexibility index (Phi) is 10.3. The van der Waals surface area contributed by atoms with Gasteiger partial charge in [-0.3, -0.25) is 0 Å². The molecule has 0 aliphatic carbocycles. The molecule has 3 aromatic rings. The number of hydrogen-bond donors (Lipinski definition) is 2. The van der Waals surface area contributed by atoms with E-state index in [4.69, 9.17) is 15.5 Å². The first-order valence-corrected chi connectivity index (χ1v) is 11.9. The summed E-state index contributed by atoms with van der Waals surface area (Å²) in [5.41, 5.74) is 10.8. The van der Waals surface area contributed by atoms with E-state index in [1.165, 1.54) is 23.3 Å². The number of nitrogens with one attached hydrogen (secondary N) is 1. The van der Waals surface area contributed by atoms with E-state index in [2.05, 4.69) is 46.4 Å². The number of halogens is 3. The zero-order valence-corrected chi connectivity index (χ0v) is 23.3. The summed E-state index contributed by atoms with van der Waals surface area (Å²) < 4.78 is 19.4. The van der Waals surface area contributed by atoms with Crippen molar-refractivity contribution in [1.82, 2.24) is 9.97 Å². The highest BCUT2D eigenvalue weighted by molar-refractivity contribution is 5.85. The van der Waals surface area contributed by atoms with Crippen molar-refractivity contribution in [3.05, 3.63) is 70.7 Å². The molecule has 0 fully saturated rings. The number of aryl methyl sites for hydroxylation is 1. The molecule has 0 radical (unpaired) electrons. The van der Waals surface area contributed by atoms with Crippen LogP contribution in [-0.4, -0.2) is 28.5 Å². The van der Waals surface area contributed by atoms with Gasteiger partial charge in [-0.05, 0) is 56.4 Å². The Hall–Kier alpha value is -2.94. The molecule has 37 heavy (non-hydrogen) atoms. The Bertz CT molecular complexity index is 1260. The van der Waals surface area contributed by atoms with Crippen LogP contribution in [0, 0.1) is 25.6 Å². The maximum absolute atomic E-state index is 14.0. The summed E-state index contributed by atoms with van der Waals surface area (Å²) in [6.07, 6.45) is 0.930. The number of ether oxygens (including phenoxy) is 1. The quantitative estimate of drug-likeness (QED) is 0.295. The van der Waals surface area contributed by atoms with Crippen LogP contribution >= 0.6 is 24.8 Å². The van der Waals surface area contributed by atoms with Gasteiger partial charge in [-0.2, -0.15) is 4.98 Å². The maximum atomic E-state index is 14.0. The molecule has 2 heterocycles. The van der Waals surface area contributed by atoms with Crippen molar-refractivity contribution < 1.29 is 13.9 Å². The minimum Gasteiger partial charge on any atom is -0.423 e. The van der Waals surface area contributed by atoms with Gasteiger partial charge in [-0.15, -0.1) is 24.8 Å². The number of nitrogens with two attached hydrogens (primary N) is 1. The van der Waals surface area contributed by atoms with Crippen molar-refractivity contribution in [3.8, 4) is 5.75 Å². The molecule has 200 valence electrons. The van der Waals surface area contributed by atoms with Crippen molar-refractivity contribution in [3.63, 3.8) is 0 Å². The van der Waals surface area contributed by atoms with E-state index in [1.54, 1.807) is 0 Å². The number of nitrogens with zero attached hydrogens (tertiary/aromatic N) is 3. The second kappa shape index (κ2) is 12.5. The summed E-state index contributed by atoms with van der Waals surface area (Å²) in [7, 11) is 0. The second-order valence-electron chi connectivity index (χ2n) is 9.36. The molecule has 4 rings (SSSR count). The predicted octanol–water partition coefficient (Wildman–Crippen LogP) is 5.83. The molecule has 3 N–H and O–H groups in total. The lowest BCUT2D eigenvalue weighted by atomic mass is 9.93. The number of esters is 1. The zero-order valence-electron chi connectivity index (χ0n) is 21.6. The average Bonchev–Trinajstić information content (AvgIpc) is 2.83. The average molecular weight is 551 g/mol. The number of rotatable bonds is 6. The van der Waals surface area contributed by atoms with Gasteiger partial charge in [-0.25, -0.2) is 14.2 Å². The first-order chi connectivity index (χ1) is 16.7. The topological polar surface area (TPSA) is 93.4 Å². The van der Waals surface area contributed by atoms with E-state index in [9.17, 15) is 9.18 Å². The first-order valence-electron chi connectivity index (χ1n) is 11.9. The third-order valence-corrected chi connectivity index (χ3v) is 6.62. The van der Waals surface area contributed by atoms with Gasteiger partial charge in [0.2, 0.25) is 5.95 Å². The number of fused-ring (bicyclic) bond motifs is 1. The number of hydrogen-bond acceptors (Lipinski definition) is 7. The smallest absolute Gasteiger partial charge is 0.328 e. The van der Waals surface area contributed by atoms with E-state index in [-0.39, 0.29) is 42.5 Å². The lowest BCUT2D eigenvalue weighted by Crippen LogP contribution is -2.38. The van der Waals surface area contributed by atoms with E-state index < -0.39 is 17.8 Å². The Balaban J connectivity index is 0.00000241. The van der Waals surface area contributed by atoms with Gasteiger partial charge in [0.05, 0.1) is 11.7 Å². The van der Waals surface area contributed by atoms with E-state index >= 15 is 0 Å². The highest BCUT2D eigenvalue weighted by atomic mass is 35.5. The fourth-order valence-corrected chi connectivity index (χ4v) is 4.26. The number of carbonyl (C=O) groups is 1. The first kappa shape index (κ1) is 30.3. The van der Waals surface area contributed by atoms with Crippen LogP contribution in [-0.2, 0) is 11.2 Å². The Morgan fingerprint density at radius 1 is 1.16 bits per heavy atom. The zero-order chi connectivity index (χ0) is 25.3. The standard InChI is InChI=1S/C27H32FN5O2.2ClH/c1-15(2)24(29)26(34)35-23-14-20(28)10-11-22(23)31-27-30-17(4)16(3)25(32-27)33-13-12-19-8-6-7-9-21(19)18(33)5;;/h6-11,14-15,18,24H,12-13,29H2,1-5H3,(H,30,31,32);2*1H/t18?,24-;;/m0../s1. The summed E-state index contributed by atoms with van der Waals surface area (Å²) in [6.45, 7) is 10.6. The van der Waals surface area contributed by atoms with Crippen LogP contribution in [0.25, 0.3) is 0 Å². The van der Waals surface area contributed by atoms with Crippen LogP contribution < -0.4 is 20.7 Å². The second-order valence-corrected chi connectivity index (χ2v) is 9.36. The van der Waals surface area contributed by atoms with E-state index in [0.29, 0.717) is 11.6 Å². The summed E-state index contributed by atoms with van der Waals surface area (Å²) in [5.74, 6) is -0.0599.